The number of benzene rings is 2. The van der Waals surface area contributed by atoms with Gasteiger partial charge in [-0.15, -0.1) is 0 Å². The van der Waals surface area contributed by atoms with Crippen LogP contribution in [0.4, 0.5) is 5.69 Å². The molecule has 1 amide bonds. The van der Waals surface area contributed by atoms with Crippen molar-refractivity contribution in [2.24, 2.45) is 0 Å². The highest BCUT2D eigenvalue weighted by Gasteiger charge is 2.46. The van der Waals surface area contributed by atoms with E-state index in [0.717, 1.165) is 0 Å². The number of carbonyl (C=O) groups is 2. The van der Waals surface area contributed by atoms with Crippen LogP contribution in [0, 0.1) is 10.1 Å². The van der Waals surface area contributed by atoms with Crippen molar-refractivity contribution in [1.29, 1.82) is 0 Å². The average molecular weight is 412 g/mol. The Morgan fingerprint density at radius 1 is 1.17 bits per heavy atom. The van der Waals surface area contributed by atoms with Gasteiger partial charge in [0.25, 0.3) is 17.4 Å². The fraction of sp³-hybridized carbons (Fsp3) is 0.238. The molecule has 0 aliphatic carbocycles. The maximum absolute atomic E-state index is 12.8. The van der Waals surface area contributed by atoms with E-state index in [1.54, 1.807) is 24.3 Å². The van der Waals surface area contributed by atoms with Crippen molar-refractivity contribution in [3.05, 3.63) is 75.3 Å². The third-order valence-corrected chi connectivity index (χ3v) is 4.84. The highest BCUT2D eigenvalue weighted by molar-refractivity contribution is 6.46. The summed E-state index contributed by atoms with van der Waals surface area (Å²) in [4.78, 5) is 37.2. The molecule has 1 atom stereocenters. The molecule has 9 heteroatoms. The first-order valence-corrected chi connectivity index (χ1v) is 9.05. The first-order valence-electron chi connectivity index (χ1n) is 9.05. The molecule has 1 N–H and O–H groups in total. The van der Waals surface area contributed by atoms with E-state index in [2.05, 4.69) is 0 Å². The van der Waals surface area contributed by atoms with Crippen molar-refractivity contribution >= 4 is 23.1 Å². The fourth-order valence-electron chi connectivity index (χ4n) is 3.35. The van der Waals surface area contributed by atoms with Crippen molar-refractivity contribution in [2.45, 2.75) is 6.04 Å². The zero-order valence-corrected chi connectivity index (χ0v) is 16.4. The van der Waals surface area contributed by atoms with Crippen molar-refractivity contribution in [1.82, 2.24) is 4.90 Å². The molecule has 1 heterocycles. The molecule has 0 aromatic heterocycles. The lowest BCUT2D eigenvalue weighted by molar-refractivity contribution is -0.384. The number of aliphatic hydroxyl groups is 1. The molecule has 1 aliphatic rings. The summed E-state index contributed by atoms with van der Waals surface area (Å²) in [5.74, 6) is -1.48. The minimum Gasteiger partial charge on any atom is -0.507 e. The molecule has 1 saturated heterocycles. The summed E-state index contributed by atoms with van der Waals surface area (Å²) in [6.07, 6.45) is 0. The second kappa shape index (κ2) is 8.75. The van der Waals surface area contributed by atoms with Crippen LogP contribution in [0.1, 0.15) is 17.2 Å². The Morgan fingerprint density at radius 2 is 1.87 bits per heavy atom. The highest BCUT2D eigenvalue weighted by atomic mass is 16.6. The van der Waals surface area contributed by atoms with E-state index in [1.807, 2.05) is 0 Å². The van der Waals surface area contributed by atoms with Gasteiger partial charge in [-0.2, -0.15) is 0 Å². The van der Waals surface area contributed by atoms with Gasteiger partial charge in [-0.3, -0.25) is 19.7 Å². The van der Waals surface area contributed by atoms with Crippen LogP contribution in [0.15, 0.2) is 54.1 Å². The van der Waals surface area contributed by atoms with Crippen molar-refractivity contribution in [3.63, 3.8) is 0 Å². The minimum absolute atomic E-state index is 0.0989. The van der Waals surface area contributed by atoms with Gasteiger partial charge in [-0.1, -0.05) is 12.1 Å². The molecular formula is C21H20N2O7. The van der Waals surface area contributed by atoms with Crippen LogP contribution in [-0.4, -0.2) is 54.0 Å². The zero-order valence-electron chi connectivity index (χ0n) is 16.4. The van der Waals surface area contributed by atoms with Crippen molar-refractivity contribution < 1.29 is 29.1 Å². The molecule has 2 aromatic carbocycles. The molecule has 156 valence electrons. The van der Waals surface area contributed by atoms with Gasteiger partial charge in [0.05, 0.1) is 30.3 Å². The number of rotatable bonds is 7. The number of Topliss-reactive ketones (excluding diaryl/α,β-unsaturated/α-hetero) is 1. The molecule has 0 spiro atoms. The summed E-state index contributed by atoms with van der Waals surface area (Å²) in [5.41, 5.74) is 0.515. The Hall–Kier alpha value is -3.72. The first-order chi connectivity index (χ1) is 14.4. The van der Waals surface area contributed by atoms with Gasteiger partial charge < -0.3 is 19.5 Å². The van der Waals surface area contributed by atoms with E-state index in [-0.39, 0.29) is 30.0 Å². The van der Waals surface area contributed by atoms with Gasteiger partial charge in [0.15, 0.2) is 0 Å². The van der Waals surface area contributed by atoms with Gasteiger partial charge >= 0.3 is 0 Å². The number of nitro groups is 1. The molecule has 1 fully saturated rings. The van der Waals surface area contributed by atoms with Crippen LogP contribution in [0.25, 0.3) is 5.76 Å². The normalized spacial score (nSPS) is 17.9. The van der Waals surface area contributed by atoms with E-state index in [9.17, 15) is 24.8 Å². The van der Waals surface area contributed by atoms with Crippen LogP contribution >= 0.6 is 0 Å². The zero-order chi connectivity index (χ0) is 21.8. The van der Waals surface area contributed by atoms with E-state index in [4.69, 9.17) is 9.47 Å². The lowest BCUT2D eigenvalue weighted by atomic mass is 9.95. The topological polar surface area (TPSA) is 119 Å². The van der Waals surface area contributed by atoms with E-state index >= 15 is 0 Å². The third kappa shape index (κ3) is 3.87. The predicted molar refractivity (Wildman–Crippen MR) is 107 cm³/mol. The summed E-state index contributed by atoms with van der Waals surface area (Å²) in [7, 11) is 2.98. The average Bonchev–Trinajstić information content (AvgIpc) is 3.02. The second-order valence-corrected chi connectivity index (χ2v) is 6.57. The van der Waals surface area contributed by atoms with E-state index < -0.39 is 28.4 Å². The van der Waals surface area contributed by atoms with Crippen LogP contribution in [-0.2, 0) is 14.3 Å². The first kappa shape index (κ1) is 21.0. The molecule has 2 aromatic rings. The number of likely N-dealkylation sites (tertiary alicyclic amines) is 1. The molecule has 30 heavy (non-hydrogen) atoms. The molecule has 1 unspecified atom stereocenters. The van der Waals surface area contributed by atoms with E-state index in [0.29, 0.717) is 11.3 Å². The van der Waals surface area contributed by atoms with Crippen molar-refractivity contribution in [2.75, 3.05) is 27.4 Å². The molecule has 0 bridgehead atoms. The number of nitro benzene ring substituents is 1. The van der Waals surface area contributed by atoms with Gasteiger partial charge in [0, 0.05) is 31.4 Å². The summed E-state index contributed by atoms with van der Waals surface area (Å²) in [5, 5.41) is 21.8. The standard InChI is InChI=1S/C21H20N2O7/c1-29-11-10-22-18(14-4-3-5-16(12-14)30-2)17(20(25)21(22)26)19(24)13-6-8-15(9-7-13)23(27)28/h3-9,12,18,24H,10-11H2,1-2H3/b19-17-. The predicted octanol–water partition coefficient (Wildman–Crippen LogP) is 2.67. The number of amides is 1. The number of hydrogen-bond donors (Lipinski definition) is 1. The minimum atomic E-state index is -0.856. The van der Waals surface area contributed by atoms with Gasteiger partial charge in [0.1, 0.15) is 11.5 Å². The summed E-state index contributed by atoms with van der Waals surface area (Å²) in [6, 6.07) is 11.1. The Balaban J connectivity index is 2.15. The number of ketones is 1. The molecule has 1 aliphatic heterocycles. The third-order valence-electron chi connectivity index (χ3n) is 4.84. The summed E-state index contributed by atoms with van der Waals surface area (Å²) < 4.78 is 10.3. The highest BCUT2D eigenvalue weighted by Crippen LogP contribution is 2.40. The summed E-state index contributed by atoms with van der Waals surface area (Å²) in [6.45, 7) is 0.338. The number of ether oxygens (including phenoxy) is 2. The molecule has 0 saturated carbocycles. The van der Waals surface area contributed by atoms with Crippen LogP contribution in [0.5, 0.6) is 5.75 Å². The molecule has 3 rings (SSSR count). The number of aliphatic hydroxyl groups excluding tert-OH is 1. The summed E-state index contributed by atoms with van der Waals surface area (Å²) >= 11 is 0. The van der Waals surface area contributed by atoms with Gasteiger partial charge in [0.2, 0.25) is 0 Å². The maximum atomic E-state index is 12.8. The van der Waals surface area contributed by atoms with Crippen LogP contribution < -0.4 is 4.74 Å². The Morgan fingerprint density at radius 3 is 2.47 bits per heavy atom. The van der Waals surface area contributed by atoms with Crippen LogP contribution in [0.3, 0.4) is 0 Å². The number of non-ortho nitro benzene ring substituents is 1. The molecule has 9 nitrogen and oxygen atoms in total. The second-order valence-electron chi connectivity index (χ2n) is 6.57. The largest absolute Gasteiger partial charge is 0.507 e. The number of methoxy groups -OCH3 is 2. The van der Waals surface area contributed by atoms with Gasteiger partial charge in [-0.25, -0.2) is 0 Å². The monoisotopic (exact) mass is 412 g/mol. The Labute approximate surface area is 172 Å². The molecule has 0 radical (unpaired) electrons. The van der Waals surface area contributed by atoms with Crippen LogP contribution in [0.2, 0.25) is 0 Å². The SMILES string of the molecule is COCCN1C(=O)C(=O)/C(=C(\O)c2ccc([N+](=O)[O-])cc2)C1c1cccc(OC)c1. The fourth-order valence-corrected chi connectivity index (χ4v) is 3.35. The Bertz CT molecular complexity index is 1010. The lowest BCUT2D eigenvalue weighted by Crippen LogP contribution is -2.32. The van der Waals surface area contributed by atoms with E-state index in [1.165, 1.54) is 43.4 Å². The number of nitrogens with zero attached hydrogens (tertiary/aromatic N) is 2. The maximum Gasteiger partial charge on any atom is 0.295 e. The van der Waals surface area contributed by atoms with Gasteiger partial charge in [-0.05, 0) is 29.8 Å². The number of hydrogen-bond acceptors (Lipinski definition) is 7. The number of carbonyl (C=O) groups excluding carboxylic acids is 2. The quantitative estimate of drug-likeness (QED) is 0.244. The molecular weight excluding hydrogens is 392 g/mol. The Kier molecular flexibility index (Phi) is 6.12. The smallest absolute Gasteiger partial charge is 0.295 e. The van der Waals surface area contributed by atoms with Crippen molar-refractivity contribution in [3.8, 4) is 5.75 Å². The lowest BCUT2D eigenvalue weighted by Gasteiger charge is -2.25.